The Morgan fingerprint density at radius 2 is 1.75 bits per heavy atom. The number of nitrogens with zero attached hydrogens (tertiary/aromatic N) is 1. The van der Waals surface area contributed by atoms with Crippen molar-refractivity contribution in [2.24, 2.45) is 0 Å². The van der Waals surface area contributed by atoms with E-state index < -0.39 is 0 Å². The average Bonchev–Trinajstić information content (AvgIpc) is 2.29. The summed E-state index contributed by atoms with van der Waals surface area (Å²) in [6.45, 7) is 4.37. The largest absolute Gasteiger partial charge is 0.508 e. The van der Waals surface area contributed by atoms with E-state index in [1.807, 2.05) is 12.1 Å². The monoisotopic (exact) mass is 445 g/mol. The van der Waals surface area contributed by atoms with Crippen LogP contribution in [0.4, 0.5) is 5.69 Å². The van der Waals surface area contributed by atoms with Crippen molar-refractivity contribution in [3.8, 4) is 5.75 Å². The van der Waals surface area contributed by atoms with Crippen LogP contribution in [0.15, 0.2) is 24.3 Å². The van der Waals surface area contributed by atoms with Gasteiger partial charge in [0, 0.05) is 11.8 Å². The predicted molar refractivity (Wildman–Crippen MR) is 86.8 cm³/mol. The summed E-state index contributed by atoms with van der Waals surface area (Å²) in [7, 11) is 0. The van der Waals surface area contributed by atoms with Crippen molar-refractivity contribution < 1.29 is 5.11 Å². The second kappa shape index (κ2) is 6.88. The third-order valence-electron chi connectivity index (χ3n) is 2.41. The molecular weight excluding hydrogens is 428 g/mol. The first-order valence-electron chi connectivity index (χ1n) is 5.45. The van der Waals surface area contributed by atoms with Crippen molar-refractivity contribution in [1.29, 1.82) is 0 Å². The van der Waals surface area contributed by atoms with Crippen molar-refractivity contribution in [2.45, 2.75) is 34.8 Å². The molecule has 0 aliphatic heterocycles. The molecule has 0 spiro atoms. The summed E-state index contributed by atoms with van der Waals surface area (Å²) in [4.78, 5) is 2.36. The van der Waals surface area contributed by atoms with E-state index in [2.05, 4.69) is 70.0 Å². The van der Waals surface area contributed by atoms with Crippen LogP contribution in [-0.2, 0) is 0 Å². The number of hydrogen-bond acceptors (Lipinski definition) is 2. The summed E-state index contributed by atoms with van der Waals surface area (Å²) in [6.07, 6.45) is 2.19. The van der Waals surface area contributed by atoms with Crippen molar-refractivity contribution >= 4 is 50.9 Å². The van der Waals surface area contributed by atoms with Crippen LogP contribution < -0.4 is 4.90 Å². The molecule has 0 radical (unpaired) electrons. The predicted octanol–water partition coefficient (Wildman–Crippen LogP) is 4.54. The SMILES string of the molecule is CCC(I)N(c1cccc(O)c1)C(I)CC. The van der Waals surface area contributed by atoms with Crippen molar-refractivity contribution in [3.05, 3.63) is 24.3 Å². The Morgan fingerprint density at radius 3 is 2.19 bits per heavy atom. The number of anilines is 1. The Balaban J connectivity index is 3.00. The van der Waals surface area contributed by atoms with Gasteiger partial charge in [-0.25, -0.2) is 0 Å². The van der Waals surface area contributed by atoms with Gasteiger partial charge in [0.05, 0.1) is 8.10 Å². The third-order valence-corrected chi connectivity index (χ3v) is 5.37. The first-order chi connectivity index (χ1) is 7.60. The number of aromatic hydroxyl groups is 1. The lowest BCUT2D eigenvalue weighted by Crippen LogP contribution is -2.36. The molecule has 0 saturated heterocycles. The highest BCUT2D eigenvalue weighted by atomic mass is 127. The van der Waals surface area contributed by atoms with Gasteiger partial charge >= 0.3 is 0 Å². The molecule has 0 aromatic heterocycles. The maximum atomic E-state index is 9.54. The number of phenolic OH excluding ortho intramolecular Hbond substituents is 1. The van der Waals surface area contributed by atoms with E-state index in [9.17, 15) is 5.11 Å². The number of benzene rings is 1. The minimum Gasteiger partial charge on any atom is -0.508 e. The van der Waals surface area contributed by atoms with Gasteiger partial charge in [0.25, 0.3) is 0 Å². The van der Waals surface area contributed by atoms with Crippen LogP contribution in [0.3, 0.4) is 0 Å². The summed E-state index contributed by atoms with van der Waals surface area (Å²) in [5.74, 6) is 0.335. The van der Waals surface area contributed by atoms with E-state index in [1.165, 1.54) is 0 Å². The fraction of sp³-hybridized carbons (Fsp3) is 0.500. The molecule has 0 fully saturated rings. The fourth-order valence-corrected chi connectivity index (χ4v) is 3.58. The molecule has 0 aliphatic carbocycles. The third kappa shape index (κ3) is 3.65. The zero-order chi connectivity index (χ0) is 12.1. The maximum absolute atomic E-state index is 9.54. The van der Waals surface area contributed by atoms with E-state index >= 15 is 0 Å². The van der Waals surface area contributed by atoms with E-state index in [0.717, 1.165) is 18.5 Å². The Labute approximate surface area is 125 Å². The van der Waals surface area contributed by atoms with E-state index in [4.69, 9.17) is 0 Å². The molecule has 1 rings (SSSR count). The zero-order valence-electron chi connectivity index (χ0n) is 9.53. The topological polar surface area (TPSA) is 23.5 Å². The molecule has 1 N–H and O–H groups in total. The maximum Gasteiger partial charge on any atom is 0.117 e. The van der Waals surface area contributed by atoms with Gasteiger partial charge in [0.2, 0.25) is 0 Å². The lowest BCUT2D eigenvalue weighted by atomic mass is 10.2. The van der Waals surface area contributed by atoms with Crippen molar-refractivity contribution in [1.82, 2.24) is 0 Å². The van der Waals surface area contributed by atoms with Crippen LogP contribution in [0.25, 0.3) is 0 Å². The molecule has 90 valence electrons. The first-order valence-corrected chi connectivity index (χ1v) is 7.94. The molecule has 0 saturated carbocycles. The molecule has 16 heavy (non-hydrogen) atoms. The summed E-state index contributed by atoms with van der Waals surface area (Å²) in [6, 6.07) is 7.50. The van der Waals surface area contributed by atoms with E-state index in [0.29, 0.717) is 13.8 Å². The van der Waals surface area contributed by atoms with Crippen LogP contribution in [0.1, 0.15) is 26.7 Å². The second-order valence-electron chi connectivity index (χ2n) is 3.61. The van der Waals surface area contributed by atoms with E-state index in [1.54, 1.807) is 6.07 Å². The Kier molecular flexibility index (Phi) is 6.17. The van der Waals surface area contributed by atoms with Gasteiger partial charge in [0.1, 0.15) is 5.75 Å². The van der Waals surface area contributed by atoms with Crippen LogP contribution in [0, 0.1) is 0 Å². The van der Waals surface area contributed by atoms with Crippen molar-refractivity contribution in [2.75, 3.05) is 4.90 Å². The Morgan fingerprint density at radius 1 is 1.19 bits per heavy atom. The quantitative estimate of drug-likeness (QED) is 0.409. The van der Waals surface area contributed by atoms with Gasteiger partial charge in [-0.15, -0.1) is 0 Å². The second-order valence-corrected chi connectivity index (χ2v) is 6.49. The normalized spacial score (nSPS) is 14.5. The summed E-state index contributed by atoms with van der Waals surface area (Å²) >= 11 is 4.92. The molecule has 0 bridgehead atoms. The molecule has 1 aromatic rings. The van der Waals surface area contributed by atoms with Gasteiger partial charge in [-0.1, -0.05) is 65.1 Å². The van der Waals surface area contributed by atoms with Gasteiger partial charge in [-0.05, 0) is 25.0 Å². The summed E-state index contributed by atoms with van der Waals surface area (Å²) < 4.78 is 0.919. The molecule has 0 heterocycles. The number of alkyl halides is 2. The lowest BCUT2D eigenvalue weighted by molar-refractivity contribution is 0.475. The lowest BCUT2D eigenvalue weighted by Gasteiger charge is -2.33. The van der Waals surface area contributed by atoms with Crippen molar-refractivity contribution in [3.63, 3.8) is 0 Å². The zero-order valence-corrected chi connectivity index (χ0v) is 13.8. The summed E-state index contributed by atoms with van der Waals surface area (Å²) in [5, 5.41) is 9.54. The Bertz CT molecular complexity index is 323. The molecule has 2 nitrogen and oxygen atoms in total. The van der Waals surface area contributed by atoms with Gasteiger partial charge in [0.15, 0.2) is 0 Å². The number of hydrogen-bond donors (Lipinski definition) is 1. The smallest absolute Gasteiger partial charge is 0.117 e. The minimum atomic E-state index is 0.335. The van der Waals surface area contributed by atoms with Crippen LogP contribution >= 0.6 is 45.2 Å². The van der Waals surface area contributed by atoms with Gasteiger partial charge < -0.3 is 10.0 Å². The molecule has 4 heteroatoms. The number of halogens is 2. The molecular formula is C12H17I2NO. The van der Waals surface area contributed by atoms with E-state index in [-0.39, 0.29) is 0 Å². The molecule has 1 aromatic carbocycles. The Hall–Kier alpha value is 0.280. The number of rotatable bonds is 5. The molecule has 2 unspecified atom stereocenters. The summed E-state index contributed by atoms with van der Waals surface area (Å²) in [5.41, 5.74) is 1.10. The fourth-order valence-electron chi connectivity index (χ4n) is 1.55. The van der Waals surface area contributed by atoms with Gasteiger partial charge in [-0.2, -0.15) is 0 Å². The molecule has 0 amide bonds. The average molecular weight is 445 g/mol. The van der Waals surface area contributed by atoms with Crippen LogP contribution in [0.2, 0.25) is 0 Å². The van der Waals surface area contributed by atoms with Gasteiger partial charge in [-0.3, -0.25) is 0 Å². The first kappa shape index (κ1) is 14.3. The molecule has 2 atom stereocenters. The highest BCUT2D eigenvalue weighted by molar-refractivity contribution is 14.1. The highest BCUT2D eigenvalue weighted by Crippen LogP contribution is 2.30. The van der Waals surface area contributed by atoms with Crippen LogP contribution in [-0.4, -0.2) is 13.2 Å². The van der Waals surface area contributed by atoms with Crippen LogP contribution in [0.5, 0.6) is 5.75 Å². The highest BCUT2D eigenvalue weighted by Gasteiger charge is 2.20. The standard InChI is InChI=1S/C12H17I2NO/c1-3-11(13)15(12(14)4-2)9-6-5-7-10(16)8-9/h5-8,11-12,16H,3-4H2,1-2H3. The molecule has 0 aliphatic rings. The minimum absolute atomic E-state index is 0.335. The number of phenols is 1.